The highest BCUT2D eigenvalue weighted by molar-refractivity contribution is 6.33. The van der Waals surface area contributed by atoms with E-state index in [1.807, 2.05) is 55.5 Å². The molecule has 1 atom stereocenters. The summed E-state index contributed by atoms with van der Waals surface area (Å²) >= 11 is 6.28. The van der Waals surface area contributed by atoms with E-state index in [4.69, 9.17) is 11.6 Å². The quantitative estimate of drug-likeness (QED) is 0.856. The van der Waals surface area contributed by atoms with Gasteiger partial charge >= 0.3 is 0 Å². The highest BCUT2D eigenvalue weighted by atomic mass is 35.5. The van der Waals surface area contributed by atoms with Gasteiger partial charge in [0.2, 0.25) is 0 Å². The van der Waals surface area contributed by atoms with Gasteiger partial charge in [-0.25, -0.2) is 0 Å². The maximum Gasteiger partial charge on any atom is 0.275 e. The smallest absolute Gasteiger partial charge is 0.275 e. The first-order chi connectivity index (χ1) is 12.1. The van der Waals surface area contributed by atoms with Crippen molar-refractivity contribution in [2.24, 2.45) is 0 Å². The Morgan fingerprint density at radius 3 is 2.44 bits per heavy atom. The summed E-state index contributed by atoms with van der Waals surface area (Å²) in [6.45, 7) is 6.27. The fourth-order valence-electron chi connectivity index (χ4n) is 3.29. The van der Waals surface area contributed by atoms with Crippen molar-refractivity contribution < 1.29 is 9.69 Å². The molecule has 1 aliphatic rings. The summed E-state index contributed by atoms with van der Waals surface area (Å²) in [6, 6.07) is 18.0. The number of nitrogens with one attached hydrogen (secondary N) is 2. The van der Waals surface area contributed by atoms with E-state index < -0.39 is 0 Å². The molecule has 1 aliphatic heterocycles. The molecule has 0 aliphatic carbocycles. The Balaban J connectivity index is 1.47. The van der Waals surface area contributed by atoms with Crippen molar-refractivity contribution in [1.82, 2.24) is 5.32 Å². The summed E-state index contributed by atoms with van der Waals surface area (Å²) in [4.78, 5) is 16.0. The standard InChI is InChI=1S/C20H24ClN3O/c1-16(17-7-3-2-4-8-17)22-20(25)15-23-11-13-24(14-12-23)19-10-6-5-9-18(19)21/h2-10,16H,11-15H2,1H3,(H,22,25)/p+1/t16-/m1/s1. The van der Waals surface area contributed by atoms with Gasteiger partial charge in [0, 0.05) is 0 Å². The summed E-state index contributed by atoms with van der Waals surface area (Å²) in [7, 11) is 0. The fraction of sp³-hybridized carbons (Fsp3) is 0.350. The molecule has 5 heteroatoms. The molecule has 1 fully saturated rings. The number of quaternary nitrogens is 1. The van der Waals surface area contributed by atoms with Crippen LogP contribution in [-0.4, -0.2) is 38.6 Å². The van der Waals surface area contributed by atoms with Gasteiger partial charge in [-0.2, -0.15) is 0 Å². The summed E-state index contributed by atoms with van der Waals surface area (Å²) in [5, 5.41) is 3.89. The summed E-state index contributed by atoms with van der Waals surface area (Å²) < 4.78 is 0. The molecule has 0 saturated carbocycles. The van der Waals surface area contributed by atoms with Crippen LogP contribution in [0.25, 0.3) is 0 Å². The Bertz CT molecular complexity index is 699. The number of hydrogen-bond donors (Lipinski definition) is 2. The second-order valence-electron chi connectivity index (χ2n) is 6.57. The third-order valence-electron chi connectivity index (χ3n) is 4.75. The minimum atomic E-state index is 0.0394. The van der Waals surface area contributed by atoms with Crippen LogP contribution in [-0.2, 0) is 4.79 Å². The van der Waals surface area contributed by atoms with Crippen molar-refractivity contribution in [3.8, 4) is 0 Å². The molecule has 1 saturated heterocycles. The van der Waals surface area contributed by atoms with Crippen molar-refractivity contribution in [1.29, 1.82) is 0 Å². The molecule has 1 amide bonds. The summed E-state index contributed by atoms with van der Waals surface area (Å²) in [5.41, 5.74) is 2.22. The lowest BCUT2D eigenvalue weighted by molar-refractivity contribution is -0.892. The predicted molar refractivity (Wildman–Crippen MR) is 102 cm³/mol. The second kappa shape index (κ2) is 8.37. The van der Waals surface area contributed by atoms with Crippen LogP contribution in [0.1, 0.15) is 18.5 Å². The number of amides is 1. The normalized spacial score (nSPS) is 16.5. The van der Waals surface area contributed by atoms with Crippen molar-refractivity contribution in [3.05, 3.63) is 65.2 Å². The molecule has 0 radical (unpaired) electrons. The van der Waals surface area contributed by atoms with Crippen LogP contribution in [0.15, 0.2) is 54.6 Å². The number of para-hydroxylation sites is 1. The van der Waals surface area contributed by atoms with Crippen molar-refractivity contribution in [3.63, 3.8) is 0 Å². The van der Waals surface area contributed by atoms with Gasteiger partial charge in [0.15, 0.2) is 6.54 Å². The van der Waals surface area contributed by atoms with Gasteiger partial charge < -0.3 is 15.1 Å². The number of nitrogens with zero attached hydrogens (tertiary/aromatic N) is 1. The average molecular weight is 359 g/mol. The lowest BCUT2D eigenvalue weighted by Gasteiger charge is -2.33. The van der Waals surface area contributed by atoms with Gasteiger partial charge in [-0.05, 0) is 24.6 Å². The van der Waals surface area contributed by atoms with Crippen LogP contribution in [0.5, 0.6) is 0 Å². The zero-order valence-electron chi connectivity index (χ0n) is 14.5. The summed E-state index contributed by atoms with van der Waals surface area (Å²) in [5.74, 6) is 0.109. The summed E-state index contributed by atoms with van der Waals surface area (Å²) in [6.07, 6.45) is 0. The molecular formula is C20H25ClN3O+. The lowest BCUT2D eigenvalue weighted by atomic mass is 10.1. The minimum absolute atomic E-state index is 0.0394. The number of piperazine rings is 1. The van der Waals surface area contributed by atoms with Crippen molar-refractivity contribution in [2.75, 3.05) is 37.6 Å². The maximum absolute atomic E-state index is 12.3. The van der Waals surface area contributed by atoms with Crippen LogP contribution in [0, 0.1) is 0 Å². The van der Waals surface area contributed by atoms with Gasteiger partial charge in [0.05, 0.1) is 42.9 Å². The predicted octanol–water partition coefficient (Wildman–Crippen LogP) is 1.92. The van der Waals surface area contributed by atoms with Crippen LogP contribution in [0.2, 0.25) is 5.02 Å². The number of benzene rings is 2. The highest BCUT2D eigenvalue weighted by Gasteiger charge is 2.23. The fourth-order valence-corrected chi connectivity index (χ4v) is 3.55. The Hall–Kier alpha value is -2.04. The molecule has 4 nitrogen and oxygen atoms in total. The minimum Gasteiger partial charge on any atom is -0.359 e. The molecule has 3 rings (SSSR count). The van der Waals surface area contributed by atoms with Gasteiger partial charge in [-0.3, -0.25) is 4.79 Å². The molecule has 2 aromatic carbocycles. The third-order valence-corrected chi connectivity index (χ3v) is 5.07. The molecule has 1 heterocycles. The Labute approximate surface area is 154 Å². The van der Waals surface area contributed by atoms with E-state index >= 15 is 0 Å². The van der Waals surface area contributed by atoms with Crippen LogP contribution in [0.4, 0.5) is 5.69 Å². The van der Waals surface area contributed by atoms with Crippen molar-refractivity contribution >= 4 is 23.2 Å². The molecule has 2 N–H and O–H groups in total. The molecular weight excluding hydrogens is 334 g/mol. The van der Waals surface area contributed by atoms with E-state index in [2.05, 4.69) is 16.3 Å². The first-order valence-electron chi connectivity index (χ1n) is 8.81. The van der Waals surface area contributed by atoms with Gasteiger partial charge in [0.1, 0.15) is 0 Å². The molecule has 0 aromatic heterocycles. The van der Waals surface area contributed by atoms with E-state index in [-0.39, 0.29) is 11.9 Å². The first kappa shape index (κ1) is 17.8. The Morgan fingerprint density at radius 1 is 1.12 bits per heavy atom. The van der Waals surface area contributed by atoms with E-state index in [0.29, 0.717) is 6.54 Å². The maximum atomic E-state index is 12.3. The highest BCUT2D eigenvalue weighted by Crippen LogP contribution is 2.24. The molecule has 0 bridgehead atoms. The first-order valence-corrected chi connectivity index (χ1v) is 9.18. The average Bonchev–Trinajstić information content (AvgIpc) is 2.63. The van der Waals surface area contributed by atoms with E-state index in [1.165, 1.54) is 4.90 Å². The molecule has 0 unspecified atom stereocenters. The molecule has 2 aromatic rings. The second-order valence-corrected chi connectivity index (χ2v) is 6.97. The van der Waals surface area contributed by atoms with Gasteiger partial charge in [0.25, 0.3) is 5.91 Å². The van der Waals surface area contributed by atoms with Gasteiger partial charge in [-0.15, -0.1) is 0 Å². The van der Waals surface area contributed by atoms with E-state index in [0.717, 1.165) is 42.5 Å². The number of rotatable bonds is 5. The van der Waals surface area contributed by atoms with E-state index in [9.17, 15) is 4.79 Å². The van der Waals surface area contributed by atoms with Crippen LogP contribution in [0.3, 0.4) is 0 Å². The molecule has 25 heavy (non-hydrogen) atoms. The Morgan fingerprint density at radius 2 is 1.76 bits per heavy atom. The topological polar surface area (TPSA) is 36.8 Å². The van der Waals surface area contributed by atoms with Crippen LogP contribution < -0.4 is 15.1 Å². The SMILES string of the molecule is C[C@@H](NC(=O)C[NH+]1CCN(c2ccccc2Cl)CC1)c1ccccc1. The number of anilines is 1. The molecule has 132 valence electrons. The number of carbonyl (C=O) groups is 1. The van der Waals surface area contributed by atoms with Gasteiger partial charge in [-0.1, -0.05) is 54.1 Å². The van der Waals surface area contributed by atoms with Crippen molar-refractivity contribution in [2.45, 2.75) is 13.0 Å². The Kier molecular flexibility index (Phi) is 5.95. The lowest BCUT2D eigenvalue weighted by Crippen LogP contribution is -3.16. The number of halogens is 1. The monoisotopic (exact) mass is 358 g/mol. The molecule has 0 spiro atoms. The van der Waals surface area contributed by atoms with E-state index in [1.54, 1.807) is 0 Å². The third kappa shape index (κ3) is 4.74. The van der Waals surface area contributed by atoms with Crippen LogP contribution >= 0.6 is 11.6 Å². The number of carbonyl (C=O) groups excluding carboxylic acids is 1. The number of hydrogen-bond acceptors (Lipinski definition) is 2. The zero-order chi connectivity index (χ0) is 17.6. The zero-order valence-corrected chi connectivity index (χ0v) is 15.3. The largest absolute Gasteiger partial charge is 0.359 e.